The summed E-state index contributed by atoms with van der Waals surface area (Å²) in [6, 6.07) is 0.494. The zero-order chi connectivity index (χ0) is 13.1. The standard InChI is InChI=1S/C13H20N4S/c1-9(2)15-6-13-10(3)16-17(11(13)4)7-12-5-14-8-18-12/h5,8-9,15H,6-7H2,1-4H3. The summed E-state index contributed by atoms with van der Waals surface area (Å²) in [5.41, 5.74) is 5.54. The summed E-state index contributed by atoms with van der Waals surface area (Å²) < 4.78 is 2.07. The number of nitrogens with zero attached hydrogens (tertiary/aromatic N) is 3. The Balaban J connectivity index is 2.15. The predicted molar refractivity (Wildman–Crippen MR) is 74.9 cm³/mol. The number of nitrogens with one attached hydrogen (secondary N) is 1. The van der Waals surface area contributed by atoms with Crippen LogP contribution in [0, 0.1) is 13.8 Å². The van der Waals surface area contributed by atoms with E-state index in [0.717, 1.165) is 18.8 Å². The van der Waals surface area contributed by atoms with Gasteiger partial charge in [-0.25, -0.2) is 0 Å². The minimum absolute atomic E-state index is 0.494. The zero-order valence-corrected chi connectivity index (χ0v) is 12.2. The van der Waals surface area contributed by atoms with E-state index in [2.05, 4.69) is 47.8 Å². The number of hydrogen-bond donors (Lipinski definition) is 1. The van der Waals surface area contributed by atoms with Crippen LogP contribution in [0.25, 0.3) is 0 Å². The molecule has 0 radical (unpaired) electrons. The molecule has 0 aliphatic heterocycles. The number of aryl methyl sites for hydroxylation is 1. The summed E-state index contributed by atoms with van der Waals surface area (Å²) in [5, 5.41) is 8.07. The first-order valence-electron chi connectivity index (χ1n) is 6.21. The fourth-order valence-electron chi connectivity index (χ4n) is 1.92. The molecule has 98 valence electrons. The first-order valence-corrected chi connectivity index (χ1v) is 7.09. The van der Waals surface area contributed by atoms with Crippen molar-refractivity contribution in [1.82, 2.24) is 20.1 Å². The normalized spacial score (nSPS) is 11.4. The summed E-state index contributed by atoms with van der Waals surface area (Å²) in [6.45, 7) is 10.2. The molecule has 2 heterocycles. The summed E-state index contributed by atoms with van der Waals surface area (Å²) in [7, 11) is 0. The zero-order valence-electron chi connectivity index (χ0n) is 11.4. The minimum atomic E-state index is 0.494. The SMILES string of the molecule is Cc1nn(Cc2cncs2)c(C)c1CNC(C)C. The van der Waals surface area contributed by atoms with Crippen LogP contribution in [0.1, 0.15) is 35.7 Å². The molecule has 4 nitrogen and oxygen atoms in total. The molecule has 0 fully saturated rings. The molecule has 0 aliphatic carbocycles. The molecule has 0 amide bonds. The topological polar surface area (TPSA) is 42.7 Å². The third-order valence-corrected chi connectivity index (χ3v) is 3.77. The van der Waals surface area contributed by atoms with E-state index in [4.69, 9.17) is 0 Å². The van der Waals surface area contributed by atoms with Gasteiger partial charge in [0.2, 0.25) is 0 Å². The van der Waals surface area contributed by atoms with Crippen molar-refractivity contribution in [2.45, 2.75) is 46.8 Å². The largest absolute Gasteiger partial charge is 0.310 e. The van der Waals surface area contributed by atoms with E-state index in [1.165, 1.54) is 16.1 Å². The highest BCUT2D eigenvalue weighted by Crippen LogP contribution is 2.16. The summed E-state index contributed by atoms with van der Waals surface area (Å²) in [5.74, 6) is 0. The monoisotopic (exact) mass is 264 g/mol. The molecular weight excluding hydrogens is 244 g/mol. The van der Waals surface area contributed by atoms with Gasteiger partial charge in [-0.1, -0.05) is 13.8 Å². The van der Waals surface area contributed by atoms with Crippen molar-refractivity contribution in [1.29, 1.82) is 0 Å². The van der Waals surface area contributed by atoms with Crippen molar-refractivity contribution in [3.63, 3.8) is 0 Å². The fraction of sp³-hybridized carbons (Fsp3) is 0.538. The molecule has 0 unspecified atom stereocenters. The molecule has 18 heavy (non-hydrogen) atoms. The first-order chi connectivity index (χ1) is 8.58. The van der Waals surface area contributed by atoms with Crippen molar-refractivity contribution in [2.75, 3.05) is 0 Å². The number of hydrogen-bond acceptors (Lipinski definition) is 4. The van der Waals surface area contributed by atoms with Gasteiger partial charge in [0.05, 0.1) is 17.7 Å². The van der Waals surface area contributed by atoms with E-state index in [9.17, 15) is 0 Å². The number of rotatable bonds is 5. The second kappa shape index (κ2) is 5.63. The lowest BCUT2D eigenvalue weighted by Crippen LogP contribution is -2.22. The van der Waals surface area contributed by atoms with E-state index in [-0.39, 0.29) is 0 Å². The average Bonchev–Trinajstić information content (AvgIpc) is 2.88. The van der Waals surface area contributed by atoms with Gasteiger partial charge in [-0.15, -0.1) is 11.3 Å². The van der Waals surface area contributed by atoms with Crippen molar-refractivity contribution in [3.8, 4) is 0 Å². The van der Waals surface area contributed by atoms with E-state index in [1.807, 2.05) is 11.7 Å². The van der Waals surface area contributed by atoms with Crippen molar-refractivity contribution in [2.24, 2.45) is 0 Å². The average molecular weight is 264 g/mol. The van der Waals surface area contributed by atoms with E-state index >= 15 is 0 Å². The third-order valence-electron chi connectivity index (χ3n) is 3.01. The first kappa shape index (κ1) is 13.2. The van der Waals surface area contributed by atoms with Gasteiger partial charge in [-0.05, 0) is 13.8 Å². The van der Waals surface area contributed by atoms with Gasteiger partial charge in [-0.2, -0.15) is 5.10 Å². The lowest BCUT2D eigenvalue weighted by atomic mass is 10.2. The molecule has 0 atom stereocenters. The van der Waals surface area contributed by atoms with Crippen LogP contribution < -0.4 is 5.32 Å². The third kappa shape index (κ3) is 2.97. The summed E-state index contributed by atoms with van der Waals surface area (Å²) in [6.07, 6.45) is 1.91. The predicted octanol–water partition coefficient (Wildman–Crippen LogP) is 2.50. The van der Waals surface area contributed by atoms with Crippen molar-refractivity contribution < 1.29 is 0 Å². The van der Waals surface area contributed by atoms with E-state index < -0.39 is 0 Å². The van der Waals surface area contributed by atoms with Gasteiger partial charge in [-0.3, -0.25) is 9.67 Å². The maximum atomic E-state index is 4.62. The quantitative estimate of drug-likeness (QED) is 0.902. The summed E-state index contributed by atoms with van der Waals surface area (Å²) in [4.78, 5) is 5.34. The van der Waals surface area contributed by atoms with E-state index in [0.29, 0.717) is 6.04 Å². The maximum Gasteiger partial charge on any atom is 0.0794 e. The van der Waals surface area contributed by atoms with Gasteiger partial charge in [0.25, 0.3) is 0 Å². The molecule has 2 aromatic rings. The highest BCUT2D eigenvalue weighted by atomic mass is 32.1. The molecule has 5 heteroatoms. The lowest BCUT2D eigenvalue weighted by Gasteiger charge is -2.08. The fourth-order valence-corrected chi connectivity index (χ4v) is 2.49. The minimum Gasteiger partial charge on any atom is -0.310 e. The number of thiazole rings is 1. The van der Waals surface area contributed by atoms with E-state index in [1.54, 1.807) is 11.3 Å². The van der Waals surface area contributed by atoms with Gasteiger partial charge >= 0.3 is 0 Å². The molecule has 0 spiro atoms. The Kier molecular flexibility index (Phi) is 4.14. The Hall–Kier alpha value is -1.20. The highest BCUT2D eigenvalue weighted by Gasteiger charge is 2.12. The van der Waals surface area contributed by atoms with Crippen LogP contribution in [0.2, 0.25) is 0 Å². The Morgan fingerprint density at radius 3 is 2.78 bits per heavy atom. The van der Waals surface area contributed by atoms with Crippen molar-refractivity contribution >= 4 is 11.3 Å². The Bertz CT molecular complexity index is 499. The second-order valence-electron chi connectivity index (χ2n) is 4.81. The second-order valence-corrected chi connectivity index (χ2v) is 5.78. The van der Waals surface area contributed by atoms with Gasteiger partial charge < -0.3 is 5.32 Å². The molecular formula is C13H20N4S. The molecule has 2 rings (SSSR count). The Morgan fingerprint density at radius 1 is 1.39 bits per heavy atom. The Morgan fingerprint density at radius 2 is 2.17 bits per heavy atom. The molecule has 0 aliphatic rings. The maximum absolute atomic E-state index is 4.62. The van der Waals surface area contributed by atoms with Crippen LogP contribution in [0.3, 0.4) is 0 Å². The lowest BCUT2D eigenvalue weighted by molar-refractivity contribution is 0.584. The molecule has 0 saturated carbocycles. The van der Waals surface area contributed by atoms with Crippen LogP contribution >= 0.6 is 11.3 Å². The Labute approximate surface area is 112 Å². The number of aromatic nitrogens is 3. The van der Waals surface area contributed by atoms with Crippen LogP contribution in [-0.4, -0.2) is 20.8 Å². The van der Waals surface area contributed by atoms with Crippen molar-refractivity contribution in [3.05, 3.63) is 33.5 Å². The molecule has 0 bridgehead atoms. The van der Waals surface area contributed by atoms with Crippen LogP contribution in [0.5, 0.6) is 0 Å². The summed E-state index contributed by atoms with van der Waals surface area (Å²) >= 11 is 1.67. The van der Waals surface area contributed by atoms with Crippen LogP contribution in [0.4, 0.5) is 0 Å². The van der Waals surface area contributed by atoms with Crippen LogP contribution in [0.15, 0.2) is 11.7 Å². The molecule has 1 N–H and O–H groups in total. The van der Waals surface area contributed by atoms with Gasteiger partial charge in [0, 0.05) is 34.9 Å². The van der Waals surface area contributed by atoms with Gasteiger partial charge in [0.1, 0.15) is 0 Å². The molecule has 0 aromatic carbocycles. The van der Waals surface area contributed by atoms with Gasteiger partial charge in [0.15, 0.2) is 0 Å². The smallest absolute Gasteiger partial charge is 0.0794 e. The molecule has 2 aromatic heterocycles. The van der Waals surface area contributed by atoms with Crippen LogP contribution in [-0.2, 0) is 13.1 Å². The highest BCUT2D eigenvalue weighted by molar-refractivity contribution is 7.09. The molecule has 0 saturated heterocycles.